The molecule has 7 heteroatoms. The highest BCUT2D eigenvalue weighted by atomic mass is 16.5. The number of carbonyl (C=O) groups excluding carboxylic acids is 3. The molecule has 1 unspecified atom stereocenters. The number of dihydropyridines is 1. The Balaban J connectivity index is 2.65. The van der Waals surface area contributed by atoms with Crippen molar-refractivity contribution in [3.63, 3.8) is 0 Å². The van der Waals surface area contributed by atoms with Gasteiger partial charge in [-0.15, -0.1) is 0 Å². The van der Waals surface area contributed by atoms with Crippen LogP contribution in [0.25, 0.3) is 0 Å². The van der Waals surface area contributed by atoms with Gasteiger partial charge in [-0.05, 0) is 38.5 Å². The molecule has 0 aromatic heterocycles. The van der Waals surface area contributed by atoms with E-state index >= 15 is 0 Å². The number of ether oxygens (including phenoxy) is 2. The number of nitrogens with one attached hydrogen (secondary N) is 2. The Morgan fingerprint density at radius 3 is 2.30 bits per heavy atom. The van der Waals surface area contributed by atoms with Crippen LogP contribution in [0, 0.1) is 0 Å². The Bertz CT molecular complexity index is 839. The van der Waals surface area contributed by atoms with Gasteiger partial charge in [-0.3, -0.25) is 4.79 Å². The second kappa shape index (κ2) is 8.53. The highest BCUT2D eigenvalue weighted by Crippen LogP contribution is 2.39. The van der Waals surface area contributed by atoms with Crippen LogP contribution in [0.1, 0.15) is 39.2 Å². The lowest BCUT2D eigenvalue weighted by Gasteiger charge is -2.30. The first-order valence-electron chi connectivity index (χ1n) is 8.61. The average Bonchev–Trinajstić information content (AvgIpc) is 2.60. The quantitative estimate of drug-likeness (QED) is 0.772. The van der Waals surface area contributed by atoms with Crippen LogP contribution in [0.3, 0.4) is 0 Å². The van der Waals surface area contributed by atoms with Crippen LogP contribution in [0.15, 0.2) is 46.8 Å². The number of amides is 1. The van der Waals surface area contributed by atoms with Crippen molar-refractivity contribution < 1.29 is 23.9 Å². The zero-order valence-electron chi connectivity index (χ0n) is 16.1. The second-order valence-corrected chi connectivity index (χ2v) is 6.15. The second-order valence-electron chi connectivity index (χ2n) is 6.15. The fourth-order valence-electron chi connectivity index (χ4n) is 3.19. The third-order valence-electron chi connectivity index (χ3n) is 4.20. The Kier molecular flexibility index (Phi) is 6.39. The minimum Gasteiger partial charge on any atom is -0.466 e. The van der Waals surface area contributed by atoms with Crippen molar-refractivity contribution in [1.29, 1.82) is 0 Å². The van der Waals surface area contributed by atoms with E-state index in [9.17, 15) is 14.4 Å². The summed E-state index contributed by atoms with van der Waals surface area (Å²) < 4.78 is 10.2. The van der Waals surface area contributed by atoms with E-state index in [-0.39, 0.29) is 12.5 Å². The number of hydrogen-bond acceptors (Lipinski definition) is 6. The normalized spacial score (nSPS) is 16.6. The number of esters is 2. The molecule has 0 aliphatic carbocycles. The molecule has 144 valence electrons. The van der Waals surface area contributed by atoms with Gasteiger partial charge in [0.1, 0.15) is 0 Å². The smallest absolute Gasteiger partial charge is 0.336 e. The monoisotopic (exact) mass is 372 g/mol. The van der Waals surface area contributed by atoms with E-state index in [2.05, 4.69) is 10.6 Å². The van der Waals surface area contributed by atoms with Crippen LogP contribution < -0.4 is 10.6 Å². The number of benzene rings is 1. The molecule has 0 spiro atoms. The first kappa shape index (κ1) is 20.2. The average molecular weight is 372 g/mol. The Hall–Kier alpha value is -3.09. The van der Waals surface area contributed by atoms with Crippen LogP contribution >= 0.6 is 0 Å². The van der Waals surface area contributed by atoms with Crippen LogP contribution in [0.4, 0.5) is 5.69 Å². The summed E-state index contributed by atoms with van der Waals surface area (Å²) >= 11 is 0. The highest BCUT2D eigenvalue weighted by Gasteiger charge is 2.37. The molecule has 0 saturated carbocycles. The molecule has 1 atom stereocenters. The molecule has 1 aromatic rings. The molecule has 0 radical (unpaired) electrons. The maximum atomic E-state index is 12.7. The van der Waals surface area contributed by atoms with Crippen molar-refractivity contribution in [2.45, 2.75) is 33.6 Å². The minimum atomic E-state index is -0.675. The molecular formula is C20H24N2O5. The summed E-state index contributed by atoms with van der Waals surface area (Å²) in [5.74, 6) is -1.93. The molecule has 1 aromatic carbocycles. The minimum absolute atomic E-state index is 0.213. The standard InChI is InChI=1S/C20H24N2O5/c1-6-27-20(25)17-12(3)21-11(2)16(19(24)26-5)18(17)14-8-7-9-15(10-14)22-13(4)23/h7-10,18,21H,6H2,1-5H3,(H,22,23). The van der Waals surface area contributed by atoms with Gasteiger partial charge in [0, 0.05) is 24.0 Å². The Morgan fingerprint density at radius 2 is 1.74 bits per heavy atom. The molecule has 0 bridgehead atoms. The number of anilines is 1. The molecular weight excluding hydrogens is 348 g/mol. The fraction of sp³-hybridized carbons (Fsp3) is 0.350. The largest absolute Gasteiger partial charge is 0.466 e. The van der Waals surface area contributed by atoms with Gasteiger partial charge in [0.15, 0.2) is 0 Å². The first-order valence-corrected chi connectivity index (χ1v) is 8.61. The van der Waals surface area contributed by atoms with E-state index in [0.29, 0.717) is 33.8 Å². The molecule has 7 nitrogen and oxygen atoms in total. The first-order chi connectivity index (χ1) is 12.8. The topological polar surface area (TPSA) is 93.7 Å². The van der Waals surface area contributed by atoms with E-state index in [1.54, 1.807) is 45.0 Å². The van der Waals surface area contributed by atoms with Crippen LogP contribution in [0.5, 0.6) is 0 Å². The van der Waals surface area contributed by atoms with E-state index in [1.807, 2.05) is 0 Å². The molecule has 27 heavy (non-hydrogen) atoms. The third-order valence-corrected chi connectivity index (χ3v) is 4.20. The molecule has 1 aliphatic heterocycles. The van der Waals surface area contributed by atoms with Crippen LogP contribution in [-0.2, 0) is 23.9 Å². The summed E-state index contributed by atoms with van der Waals surface area (Å²) in [5.41, 5.74) is 3.11. The number of hydrogen-bond donors (Lipinski definition) is 2. The van der Waals surface area contributed by atoms with Crippen LogP contribution in [-0.4, -0.2) is 31.6 Å². The van der Waals surface area contributed by atoms with Gasteiger partial charge in [-0.2, -0.15) is 0 Å². The number of carbonyl (C=O) groups is 3. The molecule has 0 saturated heterocycles. The molecule has 1 heterocycles. The van der Waals surface area contributed by atoms with Gasteiger partial charge in [0.2, 0.25) is 5.91 Å². The number of allylic oxidation sites excluding steroid dienone is 2. The van der Waals surface area contributed by atoms with E-state index in [1.165, 1.54) is 14.0 Å². The molecule has 1 amide bonds. The third kappa shape index (κ3) is 4.36. The van der Waals surface area contributed by atoms with E-state index < -0.39 is 17.9 Å². The van der Waals surface area contributed by atoms with E-state index in [0.717, 1.165) is 0 Å². The lowest BCUT2D eigenvalue weighted by atomic mass is 9.80. The van der Waals surface area contributed by atoms with Gasteiger partial charge in [-0.1, -0.05) is 12.1 Å². The number of rotatable bonds is 5. The van der Waals surface area contributed by atoms with Crippen molar-refractivity contribution in [1.82, 2.24) is 5.32 Å². The zero-order valence-corrected chi connectivity index (χ0v) is 16.1. The van der Waals surface area contributed by atoms with Crippen molar-refractivity contribution in [3.8, 4) is 0 Å². The van der Waals surface area contributed by atoms with E-state index in [4.69, 9.17) is 9.47 Å². The molecule has 2 rings (SSSR count). The van der Waals surface area contributed by atoms with Crippen molar-refractivity contribution >= 4 is 23.5 Å². The Labute approximate surface area is 158 Å². The zero-order chi connectivity index (χ0) is 20.1. The lowest BCUT2D eigenvalue weighted by Crippen LogP contribution is -2.32. The van der Waals surface area contributed by atoms with Crippen molar-refractivity contribution in [2.24, 2.45) is 0 Å². The van der Waals surface area contributed by atoms with Crippen molar-refractivity contribution in [3.05, 3.63) is 52.4 Å². The molecule has 2 N–H and O–H groups in total. The predicted molar refractivity (Wildman–Crippen MR) is 101 cm³/mol. The summed E-state index contributed by atoms with van der Waals surface area (Å²) in [6.45, 7) is 6.86. The summed E-state index contributed by atoms with van der Waals surface area (Å²) in [5, 5.41) is 5.78. The predicted octanol–water partition coefficient (Wildman–Crippen LogP) is 2.62. The maximum absolute atomic E-state index is 12.7. The van der Waals surface area contributed by atoms with Gasteiger partial charge < -0.3 is 20.1 Å². The summed E-state index contributed by atoms with van der Waals surface area (Å²) in [7, 11) is 1.29. The Morgan fingerprint density at radius 1 is 1.11 bits per heavy atom. The summed E-state index contributed by atoms with van der Waals surface area (Å²) in [4.78, 5) is 36.5. The van der Waals surface area contributed by atoms with Crippen LogP contribution in [0.2, 0.25) is 0 Å². The SMILES string of the molecule is CCOC(=O)C1=C(C)NC(C)=C(C(=O)OC)C1c1cccc(NC(C)=O)c1. The van der Waals surface area contributed by atoms with Gasteiger partial charge in [0.25, 0.3) is 0 Å². The van der Waals surface area contributed by atoms with Gasteiger partial charge in [0.05, 0.1) is 30.8 Å². The highest BCUT2D eigenvalue weighted by molar-refractivity contribution is 6.00. The molecule has 1 aliphatic rings. The lowest BCUT2D eigenvalue weighted by molar-refractivity contribution is -0.139. The van der Waals surface area contributed by atoms with Gasteiger partial charge >= 0.3 is 11.9 Å². The summed E-state index contributed by atoms with van der Waals surface area (Å²) in [6, 6.07) is 7.02. The maximum Gasteiger partial charge on any atom is 0.336 e. The number of methoxy groups -OCH3 is 1. The molecule has 0 fully saturated rings. The van der Waals surface area contributed by atoms with Gasteiger partial charge in [-0.25, -0.2) is 9.59 Å². The summed E-state index contributed by atoms with van der Waals surface area (Å²) in [6.07, 6.45) is 0. The van der Waals surface area contributed by atoms with Crippen molar-refractivity contribution in [2.75, 3.05) is 19.0 Å². The fourth-order valence-corrected chi connectivity index (χ4v) is 3.19.